The number of carbonyl (C=O) groups is 1. The number of pyridine rings is 2. The fourth-order valence-electron chi connectivity index (χ4n) is 5.62. The van der Waals surface area contributed by atoms with Gasteiger partial charge in [0.15, 0.2) is 0 Å². The molecule has 1 amide bonds. The molecule has 198 valence electrons. The van der Waals surface area contributed by atoms with Crippen molar-refractivity contribution in [2.24, 2.45) is 0 Å². The monoisotopic (exact) mass is 529 g/mol. The van der Waals surface area contributed by atoms with Crippen LogP contribution < -0.4 is 5.32 Å². The third kappa shape index (κ3) is 7.00. The van der Waals surface area contributed by atoms with Crippen LogP contribution >= 0.6 is 11.6 Å². The molecule has 0 atom stereocenters. The molecule has 0 bridgehead atoms. The third-order valence-corrected chi connectivity index (χ3v) is 7.95. The van der Waals surface area contributed by atoms with E-state index in [1.165, 1.54) is 25.7 Å². The minimum atomic E-state index is 0.0359. The lowest BCUT2D eigenvalue weighted by atomic mass is 10.00. The van der Waals surface area contributed by atoms with Gasteiger partial charge in [0.1, 0.15) is 5.82 Å². The van der Waals surface area contributed by atoms with Gasteiger partial charge in [-0.3, -0.25) is 9.78 Å². The number of amides is 1. The second kappa shape index (κ2) is 12.5. The second-order valence-corrected chi connectivity index (χ2v) is 10.9. The zero-order valence-corrected chi connectivity index (χ0v) is 22.8. The Labute approximate surface area is 230 Å². The summed E-state index contributed by atoms with van der Waals surface area (Å²) in [5.74, 6) is 0.804. The minimum Gasteiger partial charge on any atom is -0.340 e. The van der Waals surface area contributed by atoms with Crippen LogP contribution in [0, 0.1) is 6.92 Å². The van der Waals surface area contributed by atoms with Crippen molar-refractivity contribution >= 4 is 35.1 Å². The Bertz CT molecular complexity index is 1230. The van der Waals surface area contributed by atoms with Crippen LogP contribution in [0.5, 0.6) is 0 Å². The Morgan fingerprint density at radius 3 is 2.50 bits per heavy atom. The Morgan fingerprint density at radius 1 is 1.05 bits per heavy atom. The number of anilines is 2. The highest BCUT2D eigenvalue weighted by molar-refractivity contribution is 6.30. The van der Waals surface area contributed by atoms with Crippen LogP contribution in [0.3, 0.4) is 0 Å². The molecule has 38 heavy (non-hydrogen) atoms. The van der Waals surface area contributed by atoms with Gasteiger partial charge in [0.2, 0.25) is 5.91 Å². The van der Waals surface area contributed by atoms with Crippen molar-refractivity contribution in [3.05, 3.63) is 88.8 Å². The van der Waals surface area contributed by atoms with Crippen molar-refractivity contribution in [3.63, 3.8) is 0 Å². The Kier molecular flexibility index (Phi) is 8.72. The van der Waals surface area contributed by atoms with Crippen LogP contribution in [0.25, 0.3) is 6.08 Å². The van der Waals surface area contributed by atoms with E-state index in [4.69, 9.17) is 11.6 Å². The number of nitrogens with zero attached hydrogens (tertiary/aromatic N) is 4. The highest BCUT2D eigenvalue weighted by atomic mass is 35.5. The molecule has 7 heteroatoms. The summed E-state index contributed by atoms with van der Waals surface area (Å²) in [5, 5.41) is 4.02. The molecule has 0 unspecified atom stereocenters. The average molecular weight is 530 g/mol. The maximum absolute atomic E-state index is 13.5. The van der Waals surface area contributed by atoms with E-state index < -0.39 is 0 Å². The molecule has 1 aliphatic carbocycles. The molecule has 3 heterocycles. The number of halogens is 1. The molecular weight excluding hydrogens is 494 g/mol. The third-order valence-electron chi connectivity index (χ3n) is 7.70. The van der Waals surface area contributed by atoms with Crippen LogP contribution in [0.4, 0.5) is 11.5 Å². The lowest BCUT2D eigenvalue weighted by Gasteiger charge is -2.40. The normalized spacial score (nSPS) is 17.2. The predicted molar refractivity (Wildman–Crippen MR) is 154 cm³/mol. The standard InChI is InChI=1S/C31H36ClN5O/c1-23-20-27(14-17-33-23)35-30-12-8-25(21-34-30)22-37(31(38)13-9-24-6-10-26(32)11-7-24)29-15-18-36(19-16-29)28-4-2-3-5-28/h6-14,17,20-21,28-29H,2-5,15-16,18-19,22H2,1H3,(H,33,34,35)/b13-9+. The SMILES string of the molecule is Cc1cc(Nc2ccc(CN(C(=O)/C=C/c3ccc(Cl)cc3)C3CCN(C4CCCC4)CC3)cn2)ccn1. The topological polar surface area (TPSA) is 61.4 Å². The molecule has 1 saturated carbocycles. The fourth-order valence-corrected chi connectivity index (χ4v) is 5.74. The zero-order valence-electron chi connectivity index (χ0n) is 22.0. The van der Waals surface area contributed by atoms with Gasteiger partial charge in [-0.05, 0) is 80.1 Å². The molecular formula is C31H36ClN5O. The van der Waals surface area contributed by atoms with Gasteiger partial charge >= 0.3 is 0 Å². The van der Waals surface area contributed by atoms with Crippen molar-refractivity contribution in [2.75, 3.05) is 18.4 Å². The van der Waals surface area contributed by atoms with Gasteiger partial charge in [-0.15, -0.1) is 0 Å². The van der Waals surface area contributed by atoms with E-state index in [0.29, 0.717) is 11.6 Å². The first-order valence-electron chi connectivity index (χ1n) is 13.7. The highest BCUT2D eigenvalue weighted by Gasteiger charge is 2.31. The molecule has 2 fully saturated rings. The van der Waals surface area contributed by atoms with Gasteiger partial charge in [-0.1, -0.05) is 42.6 Å². The Hall–Kier alpha value is -3.22. The van der Waals surface area contributed by atoms with Crippen molar-refractivity contribution in [3.8, 4) is 0 Å². The number of hydrogen-bond donors (Lipinski definition) is 1. The van der Waals surface area contributed by atoms with Crippen LogP contribution in [0.1, 0.15) is 55.3 Å². The van der Waals surface area contributed by atoms with Gasteiger partial charge < -0.3 is 15.1 Å². The Balaban J connectivity index is 1.28. The molecule has 3 aromatic rings. The van der Waals surface area contributed by atoms with E-state index >= 15 is 0 Å². The molecule has 5 rings (SSSR count). The summed E-state index contributed by atoms with van der Waals surface area (Å²) in [6.07, 6.45) is 14.6. The molecule has 1 aliphatic heterocycles. The number of benzene rings is 1. The maximum atomic E-state index is 13.5. The molecule has 2 aromatic heterocycles. The van der Waals surface area contributed by atoms with E-state index in [2.05, 4.69) is 26.3 Å². The average Bonchev–Trinajstić information content (AvgIpc) is 3.48. The molecule has 1 saturated heterocycles. The van der Waals surface area contributed by atoms with E-state index in [-0.39, 0.29) is 11.9 Å². The number of aromatic nitrogens is 2. The lowest BCUT2D eigenvalue weighted by molar-refractivity contribution is -0.130. The van der Waals surface area contributed by atoms with E-state index in [9.17, 15) is 4.79 Å². The summed E-state index contributed by atoms with van der Waals surface area (Å²) < 4.78 is 0. The van der Waals surface area contributed by atoms with Gasteiger partial charge in [-0.25, -0.2) is 4.98 Å². The fraction of sp³-hybridized carbons (Fsp3) is 0.387. The van der Waals surface area contributed by atoms with Gasteiger partial charge in [0.05, 0.1) is 0 Å². The number of aryl methyl sites for hydroxylation is 1. The first-order valence-corrected chi connectivity index (χ1v) is 14.0. The summed E-state index contributed by atoms with van der Waals surface area (Å²) in [4.78, 5) is 27.1. The largest absolute Gasteiger partial charge is 0.340 e. The van der Waals surface area contributed by atoms with Crippen LogP contribution in [-0.4, -0.2) is 50.8 Å². The summed E-state index contributed by atoms with van der Waals surface area (Å²) in [6, 6.07) is 16.4. The number of carbonyl (C=O) groups excluding carboxylic acids is 1. The quantitative estimate of drug-likeness (QED) is 0.332. The van der Waals surface area contributed by atoms with Gasteiger partial charge in [-0.2, -0.15) is 0 Å². The number of hydrogen-bond acceptors (Lipinski definition) is 5. The molecule has 0 radical (unpaired) electrons. The molecule has 1 aromatic carbocycles. The van der Waals surface area contributed by atoms with Crippen molar-refractivity contribution < 1.29 is 4.79 Å². The van der Waals surface area contributed by atoms with Crippen molar-refractivity contribution in [1.82, 2.24) is 19.8 Å². The van der Waals surface area contributed by atoms with Crippen molar-refractivity contribution in [2.45, 2.75) is 64.1 Å². The highest BCUT2D eigenvalue weighted by Crippen LogP contribution is 2.28. The van der Waals surface area contributed by atoms with Crippen LogP contribution in [-0.2, 0) is 11.3 Å². The van der Waals surface area contributed by atoms with Gasteiger partial charge in [0.25, 0.3) is 0 Å². The van der Waals surface area contributed by atoms with E-state index in [0.717, 1.165) is 60.3 Å². The number of piperidine rings is 1. The lowest BCUT2D eigenvalue weighted by Crippen LogP contribution is -2.48. The first kappa shape index (κ1) is 26.4. The van der Waals surface area contributed by atoms with Crippen molar-refractivity contribution in [1.29, 1.82) is 0 Å². The number of nitrogens with one attached hydrogen (secondary N) is 1. The summed E-state index contributed by atoms with van der Waals surface area (Å²) in [5.41, 5.74) is 3.89. The molecule has 6 nitrogen and oxygen atoms in total. The predicted octanol–water partition coefficient (Wildman–Crippen LogP) is 6.63. The van der Waals surface area contributed by atoms with E-state index in [1.54, 1.807) is 12.3 Å². The van der Waals surface area contributed by atoms with E-state index in [1.807, 2.05) is 66.6 Å². The number of rotatable bonds is 8. The number of likely N-dealkylation sites (tertiary alicyclic amines) is 1. The van der Waals surface area contributed by atoms with Crippen LogP contribution in [0.15, 0.2) is 67.0 Å². The molecule has 0 spiro atoms. The molecule has 1 N–H and O–H groups in total. The maximum Gasteiger partial charge on any atom is 0.247 e. The summed E-state index contributed by atoms with van der Waals surface area (Å²) in [7, 11) is 0. The summed E-state index contributed by atoms with van der Waals surface area (Å²) >= 11 is 6.02. The minimum absolute atomic E-state index is 0.0359. The smallest absolute Gasteiger partial charge is 0.247 e. The van der Waals surface area contributed by atoms with Gasteiger partial charge in [0, 0.05) is 66.6 Å². The van der Waals surface area contributed by atoms with Crippen LogP contribution in [0.2, 0.25) is 5.02 Å². The second-order valence-electron chi connectivity index (χ2n) is 10.4. The zero-order chi connectivity index (χ0) is 26.3. The Morgan fingerprint density at radius 2 is 1.82 bits per heavy atom. The summed E-state index contributed by atoms with van der Waals surface area (Å²) in [6.45, 7) is 4.63. The first-order chi connectivity index (χ1) is 18.5. The molecule has 2 aliphatic rings.